The molecule has 1 aromatic carbocycles. The van der Waals surface area contributed by atoms with Crippen molar-refractivity contribution in [2.45, 2.75) is 134 Å². The fraction of sp³-hybridized carbons (Fsp3) is 0.824. The first-order valence-electron chi connectivity index (χ1n) is 16.5. The fourth-order valence-corrected chi connectivity index (χ4v) is 10.4. The van der Waals surface area contributed by atoms with E-state index in [0.29, 0.717) is 17.2 Å². The molecular weight excluding hydrogens is 586 g/mol. The van der Waals surface area contributed by atoms with Crippen LogP contribution in [0, 0.1) is 28.6 Å². The second-order valence-corrected chi connectivity index (χ2v) is 15.4. The van der Waals surface area contributed by atoms with E-state index in [1.165, 1.54) is 11.8 Å². The van der Waals surface area contributed by atoms with Crippen molar-refractivity contribution in [3.8, 4) is 5.75 Å². The molecule has 43 heavy (non-hydrogen) atoms. The number of aromatic hydroxyl groups is 1. The van der Waals surface area contributed by atoms with Gasteiger partial charge < -0.3 is 10.2 Å². The van der Waals surface area contributed by atoms with Crippen molar-refractivity contribution in [2.75, 3.05) is 11.5 Å². The molecule has 5 rings (SSSR count). The zero-order valence-electron chi connectivity index (χ0n) is 25.3. The minimum Gasteiger partial charge on any atom is -0.508 e. The molecule has 2 nitrogen and oxygen atoms in total. The Labute approximate surface area is 256 Å². The van der Waals surface area contributed by atoms with E-state index in [1.54, 1.807) is 12.1 Å². The molecule has 9 heteroatoms. The minimum absolute atomic E-state index is 0.0362. The summed E-state index contributed by atoms with van der Waals surface area (Å²) in [5.74, 6) is -2.66. The molecule has 0 saturated heterocycles. The van der Waals surface area contributed by atoms with E-state index in [1.807, 2.05) is 6.07 Å². The van der Waals surface area contributed by atoms with Crippen LogP contribution in [0.2, 0.25) is 0 Å². The quantitative estimate of drug-likeness (QED) is 0.158. The zero-order chi connectivity index (χ0) is 31.0. The van der Waals surface area contributed by atoms with Gasteiger partial charge in [0.05, 0.1) is 6.10 Å². The number of phenols is 1. The maximum absolute atomic E-state index is 16.4. The van der Waals surface area contributed by atoms with Crippen LogP contribution >= 0.6 is 11.8 Å². The van der Waals surface area contributed by atoms with Crippen LogP contribution in [0.25, 0.3) is 0 Å². The van der Waals surface area contributed by atoms with Gasteiger partial charge in [0.15, 0.2) is 0 Å². The number of hydrogen-bond donors (Lipinski definition) is 2. The Hall–Kier alpha value is -1.09. The smallest absolute Gasteiger partial charge is 0.453 e. The normalized spacial score (nSPS) is 32.8. The zero-order valence-corrected chi connectivity index (χ0v) is 26.1. The van der Waals surface area contributed by atoms with E-state index < -0.39 is 24.7 Å². The third kappa shape index (κ3) is 6.46. The number of halogens is 6. The lowest BCUT2D eigenvalue weighted by atomic mass is 9.50. The number of alkyl halides is 6. The van der Waals surface area contributed by atoms with E-state index >= 15 is 4.39 Å². The molecule has 0 aliphatic heterocycles. The van der Waals surface area contributed by atoms with E-state index in [4.69, 9.17) is 0 Å². The molecule has 3 unspecified atom stereocenters. The van der Waals surface area contributed by atoms with Crippen LogP contribution in [0.4, 0.5) is 26.3 Å². The summed E-state index contributed by atoms with van der Waals surface area (Å²) < 4.78 is 78.9. The summed E-state index contributed by atoms with van der Waals surface area (Å²) in [6.45, 7) is 2.37. The first-order valence-corrected chi connectivity index (χ1v) is 17.7. The van der Waals surface area contributed by atoms with Gasteiger partial charge in [-0.05, 0) is 115 Å². The van der Waals surface area contributed by atoms with Crippen molar-refractivity contribution >= 4 is 11.8 Å². The SMILES string of the molecule is C[C@]12CCC3c4ccc(O)cc4[C@H](F)[C@@H](CCCCCCCCCSCCCC(F)(F)C(F)(F)F)C3C1C[C@@H](O)C21CC1. The molecule has 3 saturated carbocycles. The van der Waals surface area contributed by atoms with Crippen LogP contribution in [-0.2, 0) is 0 Å². The molecule has 2 N–H and O–H groups in total. The van der Waals surface area contributed by atoms with Gasteiger partial charge in [0, 0.05) is 11.8 Å². The summed E-state index contributed by atoms with van der Waals surface area (Å²) in [7, 11) is 0. The fourth-order valence-electron chi connectivity index (χ4n) is 9.43. The molecular formula is C34H48F6O2S. The lowest BCUT2D eigenvalue weighted by Gasteiger charge is -2.54. The molecule has 4 aliphatic rings. The van der Waals surface area contributed by atoms with Gasteiger partial charge in [-0.2, -0.15) is 33.7 Å². The molecule has 0 heterocycles. The van der Waals surface area contributed by atoms with Gasteiger partial charge in [-0.15, -0.1) is 0 Å². The van der Waals surface area contributed by atoms with Gasteiger partial charge in [0.2, 0.25) is 0 Å². The van der Waals surface area contributed by atoms with Gasteiger partial charge in [-0.1, -0.05) is 51.5 Å². The summed E-state index contributed by atoms with van der Waals surface area (Å²) in [6, 6.07) is 5.27. The average molecular weight is 635 g/mol. The van der Waals surface area contributed by atoms with E-state index in [2.05, 4.69) is 6.92 Å². The first-order chi connectivity index (χ1) is 20.3. The number of fused-ring (bicyclic) bond motifs is 6. The van der Waals surface area contributed by atoms with Crippen molar-refractivity contribution in [2.24, 2.45) is 28.6 Å². The van der Waals surface area contributed by atoms with E-state index in [-0.39, 0.29) is 46.9 Å². The molecule has 4 aliphatic carbocycles. The molecule has 244 valence electrons. The maximum Gasteiger partial charge on any atom is 0.453 e. The van der Waals surface area contributed by atoms with Crippen molar-refractivity contribution in [1.82, 2.24) is 0 Å². The Kier molecular flexibility index (Phi) is 10.0. The molecule has 1 aromatic rings. The Bertz CT molecular complexity index is 1090. The monoisotopic (exact) mass is 634 g/mol. The van der Waals surface area contributed by atoms with Gasteiger partial charge in [-0.3, -0.25) is 0 Å². The first kappa shape index (κ1) is 33.3. The van der Waals surface area contributed by atoms with Crippen LogP contribution in [0.15, 0.2) is 18.2 Å². The lowest BCUT2D eigenvalue weighted by Crippen LogP contribution is -2.47. The number of unbranched alkanes of at least 4 members (excludes halogenated alkanes) is 6. The molecule has 1 spiro atoms. The third-order valence-electron chi connectivity index (χ3n) is 11.9. The molecule has 7 atom stereocenters. The van der Waals surface area contributed by atoms with Gasteiger partial charge in [0.1, 0.15) is 11.9 Å². The average Bonchev–Trinajstić information content (AvgIpc) is 3.73. The molecule has 3 fully saturated rings. The standard InChI is InChI=1S/C34H48F6O2S/c1-31-15-13-24-23-12-11-22(41)20-26(23)30(35)25(29(24)27(31)21-28(42)32(31)16-17-32)10-7-5-3-2-4-6-8-18-43-19-9-14-33(36,37)34(38,39)40/h11-12,20,24-25,27-30,41-42H,2-10,13-19,21H2,1H3/t24?,25-,27?,28+,29?,30+,31-/m0/s1. The number of thioether (sulfide) groups is 1. The Balaban J connectivity index is 1.05. The highest BCUT2D eigenvalue weighted by atomic mass is 32.2. The highest BCUT2D eigenvalue weighted by Gasteiger charge is 2.71. The van der Waals surface area contributed by atoms with Crippen LogP contribution in [-0.4, -0.2) is 39.9 Å². The van der Waals surface area contributed by atoms with Crippen LogP contribution in [0.1, 0.15) is 126 Å². The van der Waals surface area contributed by atoms with Crippen molar-refractivity contribution < 1.29 is 36.6 Å². The number of aliphatic hydroxyl groups excluding tert-OH is 1. The van der Waals surface area contributed by atoms with Crippen LogP contribution in [0.3, 0.4) is 0 Å². The number of aliphatic hydroxyl groups is 1. The van der Waals surface area contributed by atoms with E-state index in [0.717, 1.165) is 94.8 Å². The number of hydrogen-bond acceptors (Lipinski definition) is 3. The number of benzene rings is 1. The maximum atomic E-state index is 16.4. The van der Waals surface area contributed by atoms with Crippen molar-refractivity contribution in [3.63, 3.8) is 0 Å². The van der Waals surface area contributed by atoms with Gasteiger partial charge in [0.25, 0.3) is 0 Å². The second kappa shape index (κ2) is 13.0. The van der Waals surface area contributed by atoms with Crippen molar-refractivity contribution in [1.29, 1.82) is 0 Å². The highest BCUT2D eigenvalue weighted by Crippen LogP contribution is 2.77. The largest absolute Gasteiger partial charge is 0.508 e. The lowest BCUT2D eigenvalue weighted by molar-refractivity contribution is -0.284. The van der Waals surface area contributed by atoms with Crippen LogP contribution < -0.4 is 0 Å². The highest BCUT2D eigenvalue weighted by molar-refractivity contribution is 7.99. The third-order valence-corrected chi connectivity index (χ3v) is 13.1. The van der Waals surface area contributed by atoms with Crippen molar-refractivity contribution in [3.05, 3.63) is 29.3 Å². The second-order valence-electron chi connectivity index (χ2n) is 14.2. The molecule has 0 bridgehead atoms. The Morgan fingerprint density at radius 1 is 0.884 bits per heavy atom. The summed E-state index contributed by atoms with van der Waals surface area (Å²) in [4.78, 5) is 0. The van der Waals surface area contributed by atoms with E-state index in [9.17, 15) is 32.2 Å². The minimum atomic E-state index is -5.46. The molecule has 0 radical (unpaired) electrons. The number of phenolic OH excluding ortho intramolecular Hbond substituents is 1. The predicted molar refractivity (Wildman–Crippen MR) is 159 cm³/mol. The molecule has 0 amide bonds. The summed E-state index contributed by atoms with van der Waals surface area (Å²) >= 11 is 1.44. The van der Waals surface area contributed by atoms with Gasteiger partial charge in [-0.25, -0.2) is 4.39 Å². The summed E-state index contributed by atoms with van der Waals surface area (Å²) in [5, 5.41) is 21.3. The molecule has 0 aromatic heterocycles. The Morgan fingerprint density at radius 2 is 1.53 bits per heavy atom. The topological polar surface area (TPSA) is 40.5 Å². The number of rotatable bonds is 14. The summed E-state index contributed by atoms with van der Waals surface area (Å²) in [5.41, 5.74) is 1.85. The Morgan fingerprint density at radius 3 is 2.21 bits per heavy atom. The predicted octanol–water partition coefficient (Wildman–Crippen LogP) is 10.5. The van der Waals surface area contributed by atoms with Gasteiger partial charge >= 0.3 is 12.1 Å². The summed E-state index contributed by atoms with van der Waals surface area (Å²) in [6.07, 6.45) is 4.86. The van der Waals surface area contributed by atoms with Crippen LogP contribution in [0.5, 0.6) is 5.75 Å².